The van der Waals surface area contributed by atoms with Crippen LogP contribution in [0.25, 0.3) is 0 Å². The van der Waals surface area contributed by atoms with Crippen LogP contribution in [0.15, 0.2) is 60.9 Å². The average molecular weight is 373 g/mol. The van der Waals surface area contributed by atoms with Crippen molar-refractivity contribution in [2.45, 2.75) is 19.8 Å². The summed E-state index contributed by atoms with van der Waals surface area (Å²) < 4.78 is 0. The molecule has 1 amide bonds. The number of amides is 1. The monoisotopic (exact) mass is 373 g/mol. The highest BCUT2D eigenvalue weighted by atomic mass is 16.1. The van der Waals surface area contributed by atoms with Crippen LogP contribution in [0.4, 0.5) is 22.9 Å². The van der Waals surface area contributed by atoms with Gasteiger partial charge in [-0.25, -0.2) is 9.97 Å². The number of carbonyl (C=O) groups is 1. The van der Waals surface area contributed by atoms with E-state index in [2.05, 4.69) is 25.5 Å². The van der Waals surface area contributed by atoms with Crippen LogP contribution < -0.4 is 15.5 Å². The van der Waals surface area contributed by atoms with E-state index in [9.17, 15) is 4.79 Å². The quantitative estimate of drug-likeness (QED) is 0.694. The van der Waals surface area contributed by atoms with Crippen LogP contribution in [-0.4, -0.2) is 29.0 Å². The first-order valence-electron chi connectivity index (χ1n) is 9.50. The van der Waals surface area contributed by atoms with E-state index in [4.69, 9.17) is 0 Å². The fourth-order valence-corrected chi connectivity index (χ4v) is 3.29. The summed E-state index contributed by atoms with van der Waals surface area (Å²) in [5.74, 6) is 0.324. The number of aryl methyl sites for hydroxylation is 1. The summed E-state index contributed by atoms with van der Waals surface area (Å²) in [5.41, 5.74) is 4.30. The first kappa shape index (κ1) is 18.0. The van der Waals surface area contributed by atoms with E-state index < -0.39 is 0 Å². The lowest BCUT2D eigenvalue weighted by molar-refractivity contribution is 0.102. The predicted molar refractivity (Wildman–Crippen MR) is 112 cm³/mol. The largest absolute Gasteiger partial charge is 0.372 e. The summed E-state index contributed by atoms with van der Waals surface area (Å²) in [4.78, 5) is 23.3. The molecule has 1 aliphatic heterocycles. The Hall–Kier alpha value is -3.41. The van der Waals surface area contributed by atoms with Crippen LogP contribution in [0.3, 0.4) is 0 Å². The Morgan fingerprint density at radius 3 is 2.39 bits per heavy atom. The molecule has 2 heterocycles. The van der Waals surface area contributed by atoms with Crippen molar-refractivity contribution >= 4 is 28.8 Å². The molecule has 28 heavy (non-hydrogen) atoms. The molecule has 1 aromatic heterocycles. The minimum atomic E-state index is -0.274. The molecule has 0 radical (unpaired) electrons. The fraction of sp³-hybridized carbons (Fsp3) is 0.227. The molecule has 0 atom stereocenters. The molecule has 0 spiro atoms. The smallest absolute Gasteiger partial charge is 0.275 e. The molecule has 142 valence electrons. The Morgan fingerprint density at radius 2 is 1.71 bits per heavy atom. The third kappa shape index (κ3) is 4.11. The van der Waals surface area contributed by atoms with Crippen molar-refractivity contribution < 1.29 is 4.79 Å². The van der Waals surface area contributed by atoms with E-state index in [-0.39, 0.29) is 11.6 Å². The number of hydrogen-bond donors (Lipinski definition) is 2. The molecule has 2 aromatic carbocycles. The van der Waals surface area contributed by atoms with Crippen LogP contribution >= 0.6 is 0 Å². The van der Waals surface area contributed by atoms with Gasteiger partial charge in [0.05, 0.1) is 12.4 Å². The van der Waals surface area contributed by atoms with Gasteiger partial charge in [0.25, 0.3) is 5.91 Å². The highest BCUT2D eigenvalue weighted by Gasteiger charge is 2.13. The van der Waals surface area contributed by atoms with Crippen molar-refractivity contribution in [3.8, 4) is 0 Å². The van der Waals surface area contributed by atoms with Crippen LogP contribution in [0, 0.1) is 6.92 Å². The van der Waals surface area contributed by atoms with E-state index in [1.165, 1.54) is 24.7 Å². The zero-order valence-electron chi connectivity index (χ0n) is 15.9. The molecule has 4 rings (SSSR count). The van der Waals surface area contributed by atoms with Crippen molar-refractivity contribution in [1.82, 2.24) is 9.97 Å². The lowest BCUT2D eigenvalue weighted by atomic mass is 10.2. The van der Waals surface area contributed by atoms with Gasteiger partial charge in [-0.05, 0) is 55.7 Å². The van der Waals surface area contributed by atoms with Gasteiger partial charge in [-0.2, -0.15) is 0 Å². The number of hydrogen-bond acceptors (Lipinski definition) is 5. The minimum absolute atomic E-state index is 0.274. The molecule has 6 nitrogen and oxygen atoms in total. The van der Waals surface area contributed by atoms with Crippen molar-refractivity contribution in [3.05, 3.63) is 72.2 Å². The Bertz CT molecular complexity index is 947. The van der Waals surface area contributed by atoms with Gasteiger partial charge in [0, 0.05) is 30.2 Å². The molecule has 0 bridgehead atoms. The Balaban J connectivity index is 1.38. The number of nitrogens with zero attached hydrogens (tertiary/aromatic N) is 3. The lowest BCUT2D eigenvalue weighted by Gasteiger charge is -2.17. The molecule has 1 aliphatic rings. The third-order valence-corrected chi connectivity index (χ3v) is 4.89. The van der Waals surface area contributed by atoms with Gasteiger partial charge in [0.2, 0.25) is 0 Å². The zero-order chi connectivity index (χ0) is 19.3. The first-order valence-corrected chi connectivity index (χ1v) is 9.50. The maximum Gasteiger partial charge on any atom is 0.275 e. The third-order valence-electron chi connectivity index (χ3n) is 4.89. The predicted octanol–water partition coefficient (Wildman–Crippen LogP) is 4.38. The van der Waals surface area contributed by atoms with Crippen LogP contribution in [0.5, 0.6) is 0 Å². The maximum atomic E-state index is 12.4. The summed E-state index contributed by atoms with van der Waals surface area (Å²) in [7, 11) is 0. The first-order chi connectivity index (χ1) is 13.7. The van der Waals surface area contributed by atoms with E-state index in [0.717, 1.165) is 30.0 Å². The molecule has 0 saturated carbocycles. The van der Waals surface area contributed by atoms with Crippen molar-refractivity contribution in [2.24, 2.45) is 0 Å². The lowest BCUT2D eigenvalue weighted by Crippen LogP contribution is -2.18. The number of benzene rings is 2. The van der Waals surface area contributed by atoms with Gasteiger partial charge < -0.3 is 15.5 Å². The molecule has 1 saturated heterocycles. The summed E-state index contributed by atoms with van der Waals surface area (Å²) in [6, 6.07) is 15.9. The molecule has 0 unspecified atom stereocenters. The van der Waals surface area contributed by atoms with Gasteiger partial charge in [0.1, 0.15) is 11.5 Å². The maximum absolute atomic E-state index is 12.4. The second kappa shape index (κ2) is 8.08. The standard InChI is InChI=1S/C22H23N5O/c1-16-6-2-3-7-19(16)26-21-15-23-20(14-24-21)22(28)25-17-8-10-18(11-9-17)27-12-4-5-13-27/h2-3,6-11,14-15H,4-5,12-13H2,1H3,(H,24,26)(H,25,28). The van der Waals surface area contributed by atoms with E-state index in [1.807, 2.05) is 55.5 Å². The number of aromatic nitrogens is 2. The van der Waals surface area contributed by atoms with E-state index >= 15 is 0 Å². The summed E-state index contributed by atoms with van der Waals surface area (Å²) in [5, 5.41) is 6.08. The van der Waals surface area contributed by atoms with Gasteiger partial charge in [0.15, 0.2) is 0 Å². The Labute approximate surface area is 164 Å². The normalized spacial score (nSPS) is 13.4. The molecular formula is C22H23N5O. The van der Waals surface area contributed by atoms with Crippen LogP contribution in [0.1, 0.15) is 28.9 Å². The summed E-state index contributed by atoms with van der Waals surface area (Å²) in [6.07, 6.45) is 5.53. The summed E-state index contributed by atoms with van der Waals surface area (Å²) in [6.45, 7) is 4.22. The minimum Gasteiger partial charge on any atom is -0.372 e. The SMILES string of the molecule is Cc1ccccc1Nc1cnc(C(=O)Nc2ccc(N3CCCC3)cc2)cn1. The number of anilines is 4. The Morgan fingerprint density at radius 1 is 0.964 bits per heavy atom. The van der Waals surface area contributed by atoms with Gasteiger partial charge in [-0.15, -0.1) is 0 Å². The van der Waals surface area contributed by atoms with Crippen molar-refractivity contribution in [1.29, 1.82) is 0 Å². The van der Waals surface area contributed by atoms with Crippen LogP contribution in [-0.2, 0) is 0 Å². The number of nitrogens with one attached hydrogen (secondary N) is 2. The highest BCUT2D eigenvalue weighted by Crippen LogP contribution is 2.22. The molecule has 6 heteroatoms. The molecule has 0 aliphatic carbocycles. The van der Waals surface area contributed by atoms with E-state index in [0.29, 0.717) is 5.82 Å². The van der Waals surface area contributed by atoms with Crippen molar-refractivity contribution in [3.63, 3.8) is 0 Å². The van der Waals surface area contributed by atoms with Gasteiger partial charge >= 0.3 is 0 Å². The van der Waals surface area contributed by atoms with Crippen LogP contribution in [0.2, 0.25) is 0 Å². The Kier molecular flexibility index (Phi) is 5.19. The average Bonchev–Trinajstić information content (AvgIpc) is 3.26. The topological polar surface area (TPSA) is 70.2 Å². The second-order valence-corrected chi connectivity index (χ2v) is 6.92. The van der Waals surface area contributed by atoms with Gasteiger partial charge in [-0.3, -0.25) is 4.79 Å². The van der Waals surface area contributed by atoms with Crippen molar-refractivity contribution in [2.75, 3.05) is 28.6 Å². The number of para-hydroxylation sites is 1. The fourth-order valence-electron chi connectivity index (χ4n) is 3.29. The number of rotatable bonds is 5. The molecule has 2 N–H and O–H groups in total. The second-order valence-electron chi connectivity index (χ2n) is 6.92. The highest BCUT2D eigenvalue weighted by molar-refractivity contribution is 6.02. The number of carbonyl (C=O) groups excluding carboxylic acids is 1. The van der Waals surface area contributed by atoms with Gasteiger partial charge in [-0.1, -0.05) is 18.2 Å². The van der Waals surface area contributed by atoms with E-state index in [1.54, 1.807) is 6.20 Å². The molecular weight excluding hydrogens is 350 g/mol. The molecule has 1 fully saturated rings. The molecule has 3 aromatic rings. The zero-order valence-corrected chi connectivity index (χ0v) is 15.9. The summed E-state index contributed by atoms with van der Waals surface area (Å²) >= 11 is 0.